The number of nitrogens with one attached hydrogen (secondary N) is 1. The van der Waals surface area contributed by atoms with E-state index in [1.165, 1.54) is 46.6 Å². The average Bonchev–Trinajstić information content (AvgIpc) is 3.29. The first kappa shape index (κ1) is 20.9. The summed E-state index contributed by atoms with van der Waals surface area (Å²) in [4.78, 5) is 12.5. The van der Waals surface area contributed by atoms with E-state index in [0.717, 1.165) is 16.5 Å². The molecule has 0 spiro atoms. The van der Waals surface area contributed by atoms with Crippen LogP contribution >= 0.6 is 11.5 Å². The highest BCUT2D eigenvalue weighted by molar-refractivity contribution is 7.10. The van der Waals surface area contributed by atoms with Gasteiger partial charge in [-0.25, -0.2) is 0 Å². The molecular weight excluding hydrogens is 392 g/mol. The lowest BCUT2D eigenvalue weighted by Crippen LogP contribution is -2.34. The quantitative estimate of drug-likeness (QED) is 0.519. The van der Waals surface area contributed by atoms with Crippen LogP contribution in [0.25, 0.3) is 0 Å². The normalized spacial score (nSPS) is 16.9. The number of fused-ring (bicyclic) bond motifs is 1. The number of carbonyl (C=O) groups is 1. The summed E-state index contributed by atoms with van der Waals surface area (Å²) in [5.41, 5.74) is 6.74. The molecule has 0 bridgehead atoms. The third-order valence-electron chi connectivity index (χ3n) is 6.42. The Balaban J connectivity index is 1.57. The van der Waals surface area contributed by atoms with Crippen LogP contribution < -0.4 is 5.32 Å². The average molecular weight is 423 g/mol. The van der Waals surface area contributed by atoms with E-state index in [1.807, 2.05) is 19.1 Å². The molecule has 1 aliphatic rings. The van der Waals surface area contributed by atoms with Crippen LogP contribution in [0.4, 0.5) is 5.00 Å². The van der Waals surface area contributed by atoms with Crippen LogP contribution in [0.3, 0.4) is 0 Å². The van der Waals surface area contributed by atoms with E-state index < -0.39 is 0 Å². The Labute approximate surface area is 182 Å². The topological polar surface area (TPSA) is 55.1 Å². The van der Waals surface area contributed by atoms with Crippen LogP contribution in [0.15, 0.2) is 34.7 Å². The molecule has 1 N–H and O–H groups in total. The van der Waals surface area contributed by atoms with E-state index >= 15 is 0 Å². The molecule has 0 saturated heterocycles. The van der Waals surface area contributed by atoms with Gasteiger partial charge in [0, 0.05) is 6.42 Å². The SMILES string of the molecule is Cc1cc(NC(=O)c2ccc(Cc3cc4c(cc3C)C(C)(C)CCC4(C)C)o2)sn1. The Bertz CT molecular complexity index is 1100. The summed E-state index contributed by atoms with van der Waals surface area (Å²) in [7, 11) is 0. The minimum atomic E-state index is -0.241. The number of anilines is 1. The lowest BCUT2D eigenvalue weighted by Gasteiger charge is -2.42. The zero-order valence-corrected chi connectivity index (χ0v) is 19.5. The second-order valence-corrected chi connectivity index (χ2v) is 10.6. The van der Waals surface area contributed by atoms with Gasteiger partial charge in [-0.15, -0.1) is 0 Å². The number of benzene rings is 1. The second kappa shape index (κ2) is 7.38. The fourth-order valence-electron chi connectivity index (χ4n) is 4.34. The molecule has 3 aromatic rings. The molecule has 0 saturated carbocycles. The highest BCUT2D eigenvalue weighted by Crippen LogP contribution is 2.46. The molecule has 30 heavy (non-hydrogen) atoms. The molecule has 1 aliphatic carbocycles. The number of rotatable bonds is 4. The second-order valence-electron chi connectivity index (χ2n) is 9.82. The van der Waals surface area contributed by atoms with Gasteiger partial charge in [-0.3, -0.25) is 4.79 Å². The van der Waals surface area contributed by atoms with Crippen molar-refractivity contribution >= 4 is 22.4 Å². The Kier molecular flexibility index (Phi) is 5.13. The number of aromatic nitrogens is 1. The lowest BCUT2D eigenvalue weighted by molar-refractivity contribution is 0.0995. The van der Waals surface area contributed by atoms with Crippen molar-refractivity contribution in [2.75, 3.05) is 5.32 Å². The molecule has 0 atom stereocenters. The van der Waals surface area contributed by atoms with Crippen molar-refractivity contribution in [2.24, 2.45) is 0 Å². The van der Waals surface area contributed by atoms with E-state index in [9.17, 15) is 4.79 Å². The van der Waals surface area contributed by atoms with Gasteiger partial charge in [0.15, 0.2) is 5.76 Å². The van der Waals surface area contributed by atoms with Crippen molar-refractivity contribution in [1.82, 2.24) is 4.37 Å². The molecule has 0 radical (unpaired) electrons. The number of hydrogen-bond acceptors (Lipinski definition) is 4. The Morgan fingerprint density at radius 2 is 1.73 bits per heavy atom. The summed E-state index contributed by atoms with van der Waals surface area (Å²) in [6, 6.07) is 10.2. The standard InChI is InChI=1S/C25H30N2O2S/c1-15-11-19-20(25(5,6)10-9-24(19,3)4)14-17(15)13-18-7-8-21(29-18)23(28)26-22-12-16(2)27-30-22/h7-8,11-12,14H,9-10,13H2,1-6H3,(H,26,28). The maximum absolute atomic E-state index is 12.5. The Morgan fingerprint density at radius 3 is 2.37 bits per heavy atom. The number of furan rings is 1. The summed E-state index contributed by atoms with van der Waals surface area (Å²) in [5.74, 6) is 0.889. The molecule has 0 unspecified atom stereocenters. The zero-order valence-electron chi connectivity index (χ0n) is 18.7. The van der Waals surface area contributed by atoms with Gasteiger partial charge in [-0.1, -0.05) is 39.8 Å². The van der Waals surface area contributed by atoms with Crippen molar-refractivity contribution in [3.63, 3.8) is 0 Å². The smallest absolute Gasteiger partial charge is 0.292 e. The van der Waals surface area contributed by atoms with Crippen LogP contribution in [0.1, 0.15) is 84.8 Å². The van der Waals surface area contributed by atoms with Crippen LogP contribution in [0, 0.1) is 13.8 Å². The van der Waals surface area contributed by atoms with Crippen molar-refractivity contribution in [1.29, 1.82) is 0 Å². The highest BCUT2D eigenvalue weighted by atomic mass is 32.1. The predicted octanol–water partition coefficient (Wildman–Crippen LogP) is 6.55. The Morgan fingerprint density at radius 1 is 1.07 bits per heavy atom. The van der Waals surface area contributed by atoms with Crippen molar-refractivity contribution in [2.45, 2.75) is 71.6 Å². The number of hydrogen-bond donors (Lipinski definition) is 1. The van der Waals surface area contributed by atoms with Gasteiger partial charge >= 0.3 is 0 Å². The van der Waals surface area contributed by atoms with Crippen molar-refractivity contribution in [3.05, 3.63) is 69.8 Å². The minimum Gasteiger partial charge on any atom is -0.456 e. The molecular formula is C25H30N2O2S. The third-order valence-corrected chi connectivity index (χ3v) is 7.22. The van der Waals surface area contributed by atoms with Gasteiger partial charge in [0.1, 0.15) is 10.8 Å². The minimum absolute atomic E-state index is 0.175. The van der Waals surface area contributed by atoms with E-state index in [2.05, 4.69) is 56.4 Å². The van der Waals surface area contributed by atoms with Crippen molar-refractivity contribution < 1.29 is 9.21 Å². The van der Waals surface area contributed by atoms with Crippen LogP contribution in [0.2, 0.25) is 0 Å². The molecule has 158 valence electrons. The van der Waals surface area contributed by atoms with E-state index in [-0.39, 0.29) is 16.7 Å². The largest absolute Gasteiger partial charge is 0.456 e. The fraction of sp³-hybridized carbons (Fsp3) is 0.440. The zero-order chi connectivity index (χ0) is 21.7. The summed E-state index contributed by atoms with van der Waals surface area (Å²) in [6.45, 7) is 13.5. The lowest BCUT2D eigenvalue weighted by atomic mass is 9.62. The molecule has 2 aromatic heterocycles. The first-order valence-electron chi connectivity index (χ1n) is 10.5. The first-order chi connectivity index (χ1) is 14.0. The summed E-state index contributed by atoms with van der Waals surface area (Å²) < 4.78 is 10.1. The number of carbonyl (C=O) groups excluding carboxylic acids is 1. The first-order valence-corrected chi connectivity index (χ1v) is 11.3. The van der Waals surface area contributed by atoms with Crippen LogP contribution in [-0.2, 0) is 17.3 Å². The molecule has 4 rings (SSSR count). The van der Waals surface area contributed by atoms with Crippen LogP contribution in [-0.4, -0.2) is 10.3 Å². The van der Waals surface area contributed by atoms with Gasteiger partial charge in [0.2, 0.25) is 0 Å². The molecule has 0 fully saturated rings. The Hall–Kier alpha value is -2.40. The van der Waals surface area contributed by atoms with Gasteiger partial charge in [0.05, 0.1) is 5.69 Å². The number of amides is 1. The molecule has 1 amide bonds. The summed E-state index contributed by atoms with van der Waals surface area (Å²) in [6.07, 6.45) is 3.09. The number of aryl methyl sites for hydroxylation is 2. The van der Waals surface area contributed by atoms with Gasteiger partial charge in [-0.2, -0.15) is 4.37 Å². The molecule has 5 heteroatoms. The predicted molar refractivity (Wildman–Crippen MR) is 123 cm³/mol. The number of nitrogens with zero attached hydrogens (tertiary/aromatic N) is 1. The maximum atomic E-state index is 12.5. The molecule has 0 aliphatic heterocycles. The van der Waals surface area contributed by atoms with Crippen molar-refractivity contribution in [3.8, 4) is 0 Å². The monoisotopic (exact) mass is 422 g/mol. The van der Waals surface area contributed by atoms with Gasteiger partial charge < -0.3 is 9.73 Å². The maximum Gasteiger partial charge on any atom is 0.292 e. The fourth-order valence-corrected chi connectivity index (χ4v) is 4.99. The molecule has 2 heterocycles. The van der Waals surface area contributed by atoms with Crippen LogP contribution in [0.5, 0.6) is 0 Å². The molecule has 1 aromatic carbocycles. The third kappa shape index (κ3) is 3.95. The summed E-state index contributed by atoms with van der Waals surface area (Å²) in [5, 5.41) is 3.58. The van der Waals surface area contributed by atoms with E-state index in [4.69, 9.17) is 4.42 Å². The molecule has 4 nitrogen and oxygen atoms in total. The van der Waals surface area contributed by atoms with E-state index in [0.29, 0.717) is 12.2 Å². The van der Waals surface area contributed by atoms with E-state index in [1.54, 1.807) is 6.07 Å². The summed E-state index contributed by atoms with van der Waals surface area (Å²) >= 11 is 1.27. The highest BCUT2D eigenvalue weighted by Gasteiger charge is 2.37. The van der Waals surface area contributed by atoms with Gasteiger partial charge in [0.25, 0.3) is 5.91 Å². The van der Waals surface area contributed by atoms with Gasteiger partial charge in [-0.05, 0) is 89.5 Å².